The van der Waals surface area contributed by atoms with Crippen LogP contribution in [0.15, 0.2) is 58.4 Å². The van der Waals surface area contributed by atoms with Gasteiger partial charge in [-0.2, -0.15) is 0 Å². The quantitative estimate of drug-likeness (QED) is 0.0934. The Morgan fingerprint density at radius 3 is 2.53 bits per heavy atom. The second-order valence-corrected chi connectivity index (χ2v) is 8.08. The fourth-order valence-corrected chi connectivity index (χ4v) is 3.72. The van der Waals surface area contributed by atoms with Gasteiger partial charge in [0.2, 0.25) is 10.0 Å². The Hall–Kier alpha value is -2.45. The van der Waals surface area contributed by atoms with Gasteiger partial charge in [-0.05, 0) is 26.0 Å². The molecule has 2 aromatic rings. The predicted octanol–water partition coefficient (Wildman–Crippen LogP) is 2.65. The van der Waals surface area contributed by atoms with E-state index < -0.39 is 14.9 Å². The van der Waals surface area contributed by atoms with Crippen LogP contribution in [0.1, 0.15) is 19.4 Å². The van der Waals surface area contributed by atoms with Gasteiger partial charge in [0.05, 0.1) is 23.0 Å². The summed E-state index contributed by atoms with van der Waals surface area (Å²) in [7, 11) is -3.86. The number of aliphatic imine (C=N–C) groups is 1. The number of hydrogen-bond donors (Lipinski definition) is 3. The highest BCUT2D eigenvalue weighted by molar-refractivity contribution is 14.0. The minimum atomic E-state index is -3.86. The van der Waals surface area contributed by atoms with Crippen molar-refractivity contribution in [1.82, 2.24) is 15.4 Å². The van der Waals surface area contributed by atoms with Crippen LogP contribution in [-0.2, 0) is 16.6 Å². The van der Waals surface area contributed by atoms with E-state index in [1.165, 1.54) is 18.2 Å². The van der Waals surface area contributed by atoms with Crippen LogP contribution < -0.4 is 20.1 Å². The van der Waals surface area contributed by atoms with E-state index >= 15 is 0 Å². The van der Waals surface area contributed by atoms with Gasteiger partial charge in [-0.3, -0.25) is 10.1 Å². The Labute approximate surface area is 205 Å². The van der Waals surface area contributed by atoms with Crippen LogP contribution in [0.2, 0.25) is 0 Å². The number of rotatable bonds is 11. The van der Waals surface area contributed by atoms with Crippen molar-refractivity contribution in [3.63, 3.8) is 0 Å². The molecule has 32 heavy (non-hydrogen) atoms. The molecule has 3 N–H and O–H groups in total. The molecule has 0 aliphatic carbocycles. The van der Waals surface area contributed by atoms with E-state index in [9.17, 15) is 18.5 Å². The molecule has 12 heteroatoms. The van der Waals surface area contributed by atoms with Crippen LogP contribution in [0.4, 0.5) is 5.69 Å². The van der Waals surface area contributed by atoms with Gasteiger partial charge in [0.25, 0.3) is 5.69 Å². The summed E-state index contributed by atoms with van der Waals surface area (Å²) < 4.78 is 32.8. The summed E-state index contributed by atoms with van der Waals surface area (Å²) in [6.45, 7) is 5.78. The zero-order valence-corrected chi connectivity index (χ0v) is 21.1. The first-order valence-electron chi connectivity index (χ1n) is 9.84. The fourth-order valence-electron chi connectivity index (χ4n) is 2.65. The number of para-hydroxylation sites is 1. The number of sulfonamides is 1. The van der Waals surface area contributed by atoms with E-state index in [1.54, 1.807) is 0 Å². The first-order valence-corrected chi connectivity index (χ1v) is 11.3. The monoisotopic (exact) mass is 577 g/mol. The van der Waals surface area contributed by atoms with Crippen molar-refractivity contribution in [2.24, 2.45) is 4.99 Å². The third kappa shape index (κ3) is 8.59. The van der Waals surface area contributed by atoms with Crippen LogP contribution in [0.3, 0.4) is 0 Å². The average Bonchev–Trinajstić information content (AvgIpc) is 2.76. The summed E-state index contributed by atoms with van der Waals surface area (Å²) in [6, 6.07) is 12.5. The van der Waals surface area contributed by atoms with E-state index in [1.807, 2.05) is 38.1 Å². The first kappa shape index (κ1) is 27.6. The summed E-state index contributed by atoms with van der Waals surface area (Å²) in [6.07, 6.45) is 0. The molecule has 0 aromatic heterocycles. The maximum Gasteiger partial charge on any atom is 0.270 e. The number of halogens is 1. The van der Waals surface area contributed by atoms with Crippen molar-refractivity contribution in [3.8, 4) is 5.75 Å². The normalized spacial score (nSPS) is 11.4. The number of nitro groups is 1. The minimum Gasteiger partial charge on any atom is -0.494 e. The molecule has 0 saturated carbocycles. The number of nitro benzene ring substituents is 1. The molecule has 10 nitrogen and oxygen atoms in total. The van der Waals surface area contributed by atoms with Crippen molar-refractivity contribution in [2.75, 3.05) is 26.2 Å². The van der Waals surface area contributed by atoms with Crippen molar-refractivity contribution >= 4 is 45.6 Å². The van der Waals surface area contributed by atoms with Crippen molar-refractivity contribution in [2.45, 2.75) is 25.3 Å². The molecule has 2 rings (SSSR count). The number of ether oxygens (including phenoxy) is 1. The Balaban J connectivity index is 0.00000512. The molecule has 0 fully saturated rings. The summed E-state index contributed by atoms with van der Waals surface area (Å²) in [5, 5.41) is 17.0. The SMILES string of the molecule is CCNC(=NCc1ccccc1OCC)NCCNS(=O)(=O)c1cccc([N+](=O)[O-])c1.I. The molecule has 0 saturated heterocycles. The van der Waals surface area contributed by atoms with Crippen LogP contribution in [0, 0.1) is 10.1 Å². The Kier molecular flexibility index (Phi) is 11.9. The summed E-state index contributed by atoms with van der Waals surface area (Å²) in [4.78, 5) is 14.6. The highest BCUT2D eigenvalue weighted by Gasteiger charge is 2.17. The van der Waals surface area contributed by atoms with Crippen molar-refractivity contribution in [1.29, 1.82) is 0 Å². The Bertz CT molecular complexity index is 1020. The number of non-ortho nitro benzene ring substituents is 1. The lowest BCUT2D eigenvalue weighted by atomic mass is 10.2. The van der Waals surface area contributed by atoms with Crippen LogP contribution in [0.25, 0.3) is 0 Å². The molecule has 2 aromatic carbocycles. The zero-order valence-electron chi connectivity index (χ0n) is 17.9. The number of hydrogen-bond acceptors (Lipinski definition) is 6. The van der Waals surface area contributed by atoms with Crippen LogP contribution in [-0.4, -0.2) is 45.5 Å². The molecule has 0 bridgehead atoms. The Morgan fingerprint density at radius 2 is 1.84 bits per heavy atom. The number of benzene rings is 2. The maximum atomic E-state index is 12.4. The van der Waals surface area contributed by atoms with Crippen molar-refractivity contribution < 1.29 is 18.1 Å². The van der Waals surface area contributed by atoms with Gasteiger partial charge in [0.15, 0.2) is 5.96 Å². The largest absolute Gasteiger partial charge is 0.494 e. The molecule has 0 radical (unpaired) electrons. The van der Waals surface area contributed by atoms with Gasteiger partial charge >= 0.3 is 0 Å². The summed E-state index contributed by atoms with van der Waals surface area (Å²) in [5.74, 6) is 1.30. The molecular formula is C20H28IN5O5S. The van der Waals surface area contributed by atoms with Gasteiger partial charge in [-0.1, -0.05) is 24.3 Å². The van der Waals surface area contributed by atoms with Crippen molar-refractivity contribution in [3.05, 3.63) is 64.2 Å². The molecule has 0 aliphatic rings. The van der Waals surface area contributed by atoms with Crippen LogP contribution >= 0.6 is 24.0 Å². The van der Waals surface area contributed by atoms with E-state index in [4.69, 9.17) is 4.74 Å². The Morgan fingerprint density at radius 1 is 1.09 bits per heavy atom. The van der Waals surface area contributed by atoms with Gasteiger partial charge in [-0.25, -0.2) is 18.1 Å². The van der Waals surface area contributed by atoms with E-state index in [0.29, 0.717) is 25.7 Å². The molecule has 0 aliphatic heterocycles. The van der Waals surface area contributed by atoms with E-state index in [0.717, 1.165) is 17.4 Å². The molecule has 0 atom stereocenters. The summed E-state index contributed by atoms with van der Waals surface area (Å²) in [5.41, 5.74) is 0.655. The predicted molar refractivity (Wildman–Crippen MR) is 134 cm³/mol. The smallest absolute Gasteiger partial charge is 0.270 e. The lowest BCUT2D eigenvalue weighted by Gasteiger charge is -2.13. The zero-order chi connectivity index (χ0) is 22.7. The average molecular weight is 577 g/mol. The molecule has 0 heterocycles. The summed E-state index contributed by atoms with van der Waals surface area (Å²) >= 11 is 0. The molecule has 0 amide bonds. The molecular weight excluding hydrogens is 549 g/mol. The topological polar surface area (TPSA) is 135 Å². The second kappa shape index (κ2) is 13.9. The van der Waals surface area contributed by atoms with E-state index in [-0.39, 0.29) is 47.6 Å². The highest BCUT2D eigenvalue weighted by Crippen LogP contribution is 2.19. The number of nitrogens with one attached hydrogen (secondary N) is 3. The van der Waals surface area contributed by atoms with Crippen LogP contribution in [0.5, 0.6) is 5.75 Å². The maximum absolute atomic E-state index is 12.4. The van der Waals surface area contributed by atoms with Gasteiger partial charge in [0, 0.05) is 37.3 Å². The number of guanidine groups is 1. The second-order valence-electron chi connectivity index (χ2n) is 6.31. The number of nitrogens with zero attached hydrogens (tertiary/aromatic N) is 2. The molecule has 0 unspecified atom stereocenters. The van der Waals surface area contributed by atoms with Gasteiger partial charge in [-0.15, -0.1) is 24.0 Å². The first-order chi connectivity index (χ1) is 14.9. The molecule has 176 valence electrons. The standard InChI is InChI=1S/C20H27N5O5S.HI/c1-3-21-20(23-15-16-8-5-6-11-19(16)30-4-2)22-12-13-24-31(28,29)18-10-7-9-17(14-18)25(26)27;/h5-11,14,24H,3-4,12-13,15H2,1-2H3,(H2,21,22,23);1H. The minimum absolute atomic E-state index is 0. The molecule has 0 spiro atoms. The van der Waals surface area contributed by atoms with E-state index in [2.05, 4.69) is 20.3 Å². The van der Waals surface area contributed by atoms with Gasteiger partial charge in [0.1, 0.15) is 5.75 Å². The van der Waals surface area contributed by atoms with Gasteiger partial charge < -0.3 is 15.4 Å². The lowest BCUT2D eigenvalue weighted by molar-refractivity contribution is -0.385. The fraction of sp³-hybridized carbons (Fsp3) is 0.350. The highest BCUT2D eigenvalue weighted by atomic mass is 127. The third-order valence-corrected chi connectivity index (χ3v) is 5.53. The third-order valence-electron chi connectivity index (χ3n) is 4.07. The lowest BCUT2D eigenvalue weighted by Crippen LogP contribution is -2.41.